The van der Waals surface area contributed by atoms with Gasteiger partial charge in [0.25, 0.3) is 0 Å². The molecule has 2 aromatic rings. The quantitative estimate of drug-likeness (QED) is 0.751. The number of ether oxygens (including phenoxy) is 1. The third-order valence-electron chi connectivity index (χ3n) is 3.11. The predicted octanol–water partition coefficient (Wildman–Crippen LogP) is 4.51. The molecule has 0 N–H and O–H groups in total. The van der Waals surface area contributed by atoms with Gasteiger partial charge in [-0.25, -0.2) is 0 Å². The first-order valence-corrected chi connectivity index (χ1v) is 8.02. The zero-order chi connectivity index (χ0) is 16.2. The smallest absolute Gasteiger partial charge is 0.314 e. The molecule has 22 heavy (non-hydrogen) atoms. The summed E-state index contributed by atoms with van der Waals surface area (Å²) in [5, 5.41) is 0. The highest BCUT2D eigenvalue weighted by molar-refractivity contribution is 9.10. The topological polar surface area (TPSA) is 39.2 Å². The lowest BCUT2D eigenvalue weighted by molar-refractivity contribution is -0.156. The van der Waals surface area contributed by atoms with Crippen molar-refractivity contribution in [3.63, 3.8) is 0 Å². The molecule has 0 spiro atoms. The van der Waals surface area contributed by atoms with Crippen molar-refractivity contribution in [1.82, 2.24) is 4.98 Å². The van der Waals surface area contributed by atoms with E-state index in [4.69, 9.17) is 4.74 Å². The fraction of sp³-hybridized carbons (Fsp3) is 0.333. The number of hydrogen-bond donors (Lipinski definition) is 0. The SMILES string of the molecule is CC(C)(C)OC(=O)C(Cc1cccc(Br)c1)c1cccnc1. The van der Waals surface area contributed by atoms with Crippen molar-refractivity contribution in [3.8, 4) is 0 Å². The summed E-state index contributed by atoms with van der Waals surface area (Å²) in [6, 6.07) is 11.7. The molecule has 0 amide bonds. The van der Waals surface area contributed by atoms with Gasteiger partial charge in [0.1, 0.15) is 5.60 Å². The van der Waals surface area contributed by atoms with Crippen molar-refractivity contribution in [2.75, 3.05) is 0 Å². The van der Waals surface area contributed by atoms with Crippen LogP contribution < -0.4 is 0 Å². The molecule has 0 aliphatic heterocycles. The molecular formula is C18H20BrNO2. The third-order valence-corrected chi connectivity index (χ3v) is 3.60. The van der Waals surface area contributed by atoms with Crippen LogP contribution in [0.25, 0.3) is 0 Å². The number of carbonyl (C=O) groups is 1. The van der Waals surface area contributed by atoms with Crippen LogP contribution in [0, 0.1) is 0 Å². The molecule has 0 aliphatic carbocycles. The zero-order valence-corrected chi connectivity index (χ0v) is 14.6. The number of halogens is 1. The predicted molar refractivity (Wildman–Crippen MR) is 90.7 cm³/mol. The molecule has 0 bridgehead atoms. The van der Waals surface area contributed by atoms with E-state index in [0.717, 1.165) is 15.6 Å². The second kappa shape index (κ2) is 7.05. The van der Waals surface area contributed by atoms with Crippen molar-refractivity contribution in [2.24, 2.45) is 0 Å². The number of carbonyl (C=O) groups excluding carboxylic acids is 1. The first kappa shape index (κ1) is 16.7. The summed E-state index contributed by atoms with van der Waals surface area (Å²) >= 11 is 3.47. The molecule has 1 unspecified atom stereocenters. The Labute approximate surface area is 139 Å². The lowest BCUT2D eigenvalue weighted by Gasteiger charge is -2.24. The Bertz CT molecular complexity index is 635. The van der Waals surface area contributed by atoms with Crippen LogP contribution in [-0.4, -0.2) is 16.6 Å². The first-order valence-electron chi connectivity index (χ1n) is 7.22. The van der Waals surface area contributed by atoms with Crippen molar-refractivity contribution in [1.29, 1.82) is 0 Å². The minimum atomic E-state index is -0.505. The Kier molecular flexibility index (Phi) is 5.35. The Morgan fingerprint density at radius 1 is 1.27 bits per heavy atom. The van der Waals surface area contributed by atoms with Gasteiger partial charge >= 0.3 is 5.97 Å². The average Bonchev–Trinajstić information content (AvgIpc) is 2.44. The van der Waals surface area contributed by atoms with E-state index in [0.29, 0.717) is 6.42 Å². The van der Waals surface area contributed by atoms with Gasteiger partial charge in [0.05, 0.1) is 5.92 Å². The fourth-order valence-corrected chi connectivity index (χ4v) is 2.64. The second-order valence-electron chi connectivity index (χ2n) is 6.21. The van der Waals surface area contributed by atoms with Gasteiger partial charge in [-0.05, 0) is 56.5 Å². The Hall–Kier alpha value is -1.68. The molecule has 0 saturated heterocycles. The van der Waals surface area contributed by atoms with Crippen molar-refractivity contribution in [3.05, 3.63) is 64.4 Å². The van der Waals surface area contributed by atoms with Crippen LogP contribution in [0.1, 0.15) is 37.8 Å². The van der Waals surface area contributed by atoms with Crippen molar-refractivity contribution >= 4 is 21.9 Å². The standard InChI is InChI=1S/C18H20BrNO2/c1-18(2,3)22-17(21)16(14-7-5-9-20-12-14)11-13-6-4-8-15(19)10-13/h4-10,12,16H,11H2,1-3H3. The molecule has 3 nitrogen and oxygen atoms in total. The lowest BCUT2D eigenvalue weighted by Crippen LogP contribution is -2.28. The van der Waals surface area contributed by atoms with Crippen LogP contribution in [0.15, 0.2) is 53.3 Å². The van der Waals surface area contributed by atoms with Gasteiger partial charge in [-0.2, -0.15) is 0 Å². The van der Waals surface area contributed by atoms with Crippen LogP contribution in [0.4, 0.5) is 0 Å². The highest BCUT2D eigenvalue weighted by atomic mass is 79.9. The first-order chi connectivity index (χ1) is 10.3. The van der Waals surface area contributed by atoms with Gasteiger partial charge in [-0.3, -0.25) is 9.78 Å². The van der Waals surface area contributed by atoms with Gasteiger partial charge in [0.15, 0.2) is 0 Å². The van der Waals surface area contributed by atoms with E-state index in [1.807, 2.05) is 57.2 Å². The summed E-state index contributed by atoms with van der Waals surface area (Å²) < 4.78 is 6.58. The monoisotopic (exact) mass is 361 g/mol. The maximum absolute atomic E-state index is 12.6. The number of pyridine rings is 1. The Morgan fingerprint density at radius 2 is 2.05 bits per heavy atom. The molecule has 0 fully saturated rings. The summed E-state index contributed by atoms with van der Waals surface area (Å²) in [6.45, 7) is 5.64. The van der Waals surface area contributed by atoms with E-state index < -0.39 is 5.60 Å². The van der Waals surface area contributed by atoms with E-state index in [1.165, 1.54) is 0 Å². The van der Waals surface area contributed by atoms with Gasteiger partial charge in [-0.1, -0.05) is 34.1 Å². The van der Waals surface area contributed by atoms with Crippen LogP contribution in [0.2, 0.25) is 0 Å². The molecule has 0 aliphatic rings. The molecule has 1 heterocycles. The lowest BCUT2D eigenvalue weighted by atomic mass is 9.93. The average molecular weight is 362 g/mol. The highest BCUT2D eigenvalue weighted by Crippen LogP contribution is 2.25. The molecule has 1 atom stereocenters. The van der Waals surface area contributed by atoms with Gasteiger partial charge in [0.2, 0.25) is 0 Å². The Morgan fingerprint density at radius 3 is 2.64 bits per heavy atom. The molecule has 1 aromatic heterocycles. The number of nitrogens with zero attached hydrogens (tertiary/aromatic N) is 1. The van der Waals surface area contributed by atoms with Crippen molar-refractivity contribution < 1.29 is 9.53 Å². The normalized spacial score (nSPS) is 12.7. The molecule has 0 radical (unpaired) electrons. The highest BCUT2D eigenvalue weighted by Gasteiger charge is 2.27. The molecule has 2 rings (SSSR count). The Balaban J connectivity index is 2.28. The second-order valence-corrected chi connectivity index (χ2v) is 7.12. The van der Waals surface area contributed by atoms with E-state index in [2.05, 4.69) is 20.9 Å². The van der Waals surface area contributed by atoms with Crippen LogP contribution in [-0.2, 0) is 16.0 Å². The van der Waals surface area contributed by atoms with E-state index in [-0.39, 0.29) is 11.9 Å². The number of esters is 1. The summed E-state index contributed by atoms with van der Waals surface area (Å²) in [4.78, 5) is 16.7. The van der Waals surface area contributed by atoms with Crippen LogP contribution in [0.5, 0.6) is 0 Å². The molecule has 116 valence electrons. The summed E-state index contributed by atoms with van der Waals surface area (Å²) in [6.07, 6.45) is 4.02. The van der Waals surface area contributed by atoms with Gasteiger partial charge in [0, 0.05) is 16.9 Å². The minimum absolute atomic E-state index is 0.222. The van der Waals surface area contributed by atoms with Crippen LogP contribution >= 0.6 is 15.9 Å². The summed E-state index contributed by atoms with van der Waals surface area (Å²) in [7, 11) is 0. The number of benzene rings is 1. The molecular weight excluding hydrogens is 342 g/mol. The number of rotatable bonds is 4. The minimum Gasteiger partial charge on any atom is -0.459 e. The van der Waals surface area contributed by atoms with Gasteiger partial charge in [-0.15, -0.1) is 0 Å². The summed E-state index contributed by atoms with van der Waals surface area (Å²) in [5.74, 6) is -0.581. The zero-order valence-electron chi connectivity index (χ0n) is 13.0. The summed E-state index contributed by atoms with van der Waals surface area (Å²) in [5.41, 5.74) is 1.44. The maximum Gasteiger partial charge on any atom is 0.314 e. The van der Waals surface area contributed by atoms with E-state index in [9.17, 15) is 4.79 Å². The maximum atomic E-state index is 12.6. The fourth-order valence-electron chi connectivity index (χ4n) is 2.19. The van der Waals surface area contributed by atoms with Crippen molar-refractivity contribution in [2.45, 2.75) is 38.7 Å². The molecule has 0 saturated carbocycles. The van der Waals surface area contributed by atoms with Crippen LogP contribution in [0.3, 0.4) is 0 Å². The van der Waals surface area contributed by atoms with E-state index >= 15 is 0 Å². The molecule has 4 heteroatoms. The number of hydrogen-bond acceptors (Lipinski definition) is 3. The van der Waals surface area contributed by atoms with Gasteiger partial charge < -0.3 is 4.74 Å². The molecule has 1 aromatic carbocycles. The largest absolute Gasteiger partial charge is 0.459 e. The number of aromatic nitrogens is 1. The third kappa shape index (κ3) is 4.95. The van der Waals surface area contributed by atoms with E-state index in [1.54, 1.807) is 12.4 Å².